The van der Waals surface area contributed by atoms with Crippen molar-refractivity contribution in [2.75, 3.05) is 16.2 Å². The first kappa shape index (κ1) is 15.1. The van der Waals surface area contributed by atoms with Gasteiger partial charge in [-0.3, -0.25) is 4.72 Å². The van der Waals surface area contributed by atoms with Gasteiger partial charge in [0.2, 0.25) is 5.09 Å². The van der Waals surface area contributed by atoms with Crippen LogP contribution in [-0.4, -0.2) is 24.1 Å². The van der Waals surface area contributed by atoms with E-state index < -0.39 is 19.8 Å². The number of furan rings is 1. The number of nitrogens with one attached hydrogen (secondary N) is 1. The van der Waals surface area contributed by atoms with E-state index >= 15 is 0 Å². The molecule has 1 aromatic heterocycles. The van der Waals surface area contributed by atoms with Crippen LogP contribution in [0.2, 0.25) is 0 Å². The van der Waals surface area contributed by atoms with Crippen LogP contribution < -0.4 is 4.72 Å². The molecule has 0 saturated carbocycles. The summed E-state index contributed by atoms with van der Waals surface area (Å²) in [6, 6.07) is 9.38. The topological polar surface area (TPSA) is 88.7 Å². The Morgan fingerprint density at radius 2 is 1.77 bits per heavy atom. The van der Waals surface area contributed by atoms with Crippen molar-refractivity contribution in [3.63, 3.8) is 0 Å². The molecular formula is C14H16N2O4S2. The summed E-state index contributed by atoms with van der Waals surface area (Å²) >= 11 is 0. The molecular weight excluding hydrogens is 324 g/mol. The van der Waals surface area contributed by atoms with Gasteiger partial charge in [-0.1, -0.05) is 0 Å². The van der Waals surface area contributed by atoms with Crippen molar-refractivity contribution in [2.24, 2.45) is 4.36 Å². The summed E-state index contributed by atoms with van der Waals surface area (Å²) in [5, 5.41) is -0.143. The highest BCUT2D eigenvalue weighted by molar-refractivity contribution is 7.94. The molecule has 0 radical (unpaired) electrons. The van der Waals surface area contributed by atoms with Gasteiger partial charge in [-0.25, -0.2) is 4.21 Å². The Morgan fingerprint density at radius 1 is 1.09 bits per heavy atom. The lowest BCUT2D eigenvalue weighted by Crippen LogP contribution is -2.11. The Kier molecular flexibility index (Phi) is 3.96. The van der Waals surface area contributed by atoms with Crippen LogP contribution in [0.15, 0.2) is 56.5 Å². The van der Waals surface area contributed by atoms with Crippen molar-refractivity contribution in [2.45, 2.75) is 17.9 Å². The molecule has 1 aromatic carbocycles. The zero-order chi connectivity index (χ0) is 15.6. The highest BCUT2D eigenvalue weighted by atomic mass is 32.2. The predicted molar refractivity (Wildman–Crippen MR) is 85.2 cm³/mol. The van der Waals surface area contributed by atoms with E-state index in [1.54, 1.807) is 24.3 Å². The fourth-order valence-corrected chi connectivity index (χ4v) is 5.44. The maximum atomic E-state index is 12.3. The van der Waals surface area contributed by atoms with Crippen LogP contribution in [-0.2, 0) is 19.8 Å². The third-order valence-electron chi connectivity index (χ3n) is 3.33. The largest absolute Gasteiger partial charge is 0.451 e. The smallest absolute Gasteiger partial charge is 0.295 e. The molecule has 2 heterocycles. The van der Waals surface area contributed by atoms with Crippen molar-refractivity contribution in [3.8, 4) is 0 Å². The minimum absolute atomic E-state index is 0.143. The second-order valence-corrected chi connectivity index (χ2v) is 9.22. The Balaban J connectivity index is 1.79. The molecule has 22 heavy (non-hydrogen) atoms. The molecule has 0 spiro atoms. The van der Waals surface area contributed by atoms with Gasteiger partial charge in [0, 0.05) is 17.2 Å². The van der Waals surface area contributed by atoms with Gasteiger partial charge in [-0.15, -0.1) is 0 Å². The number of hydrogen-bond donors (Lipinski definition) is 1. The number of sulfonamides is 1. The Hall–Kier alpha value is -1.80. The first-order chi connectivity index (χ1) is 10.5. The van der Waals surface area contributed by atoms with Crippen molar-refractivity contribution >= 4 is 31.1 Å². The zero-order valence-electron chi connectivity index (χ0n) is 11.8. The fraction of sp³-hybridized carbons (Fsp3) is 0.286. The SMILES string of the molecule is O=S(=O)(Nc1ccc(N=S2(=O)CCCC2)cc1)c1ccco1. The first-order valence-electron chi connectivity index (χ1n) is 6.86. The standard InChI is InChI=1S/C14H16N2O4S2/c17-21(10-1-2-11-21)15-12-5-7-13(8-6-12)16-22(18,19)14-4-3-9-20-14/h3-9,16H,1-2,10-11H2. The molecule has 1 aliphatic rings. The molecule has 0 unspecified atom stereocenters. The minimum Gasteiger partial charge on any atom is -0.451 e. The van der Waals surface area contributed by atoms with Crippen molar-refractivity contribution in [3.05, 3.63) is 42.7 Å². The van der Waals surface area contributed by atoms with E-state index in [1.807, 2.05) is 0 Å². The van der Waals surface area contributed by atoms with Crippen LogP contribution >= 0.6 is 0 Å². The molecule has 0 atom stereocenters. The Morgan fingerprint density at radius 3 is 2.36 bits per heavy atom. The van der Waals surface area contributed by atoms with Crippen molar-refractivity contribution in [1.29, 1.82) is 0 Å². The van der Waals surface area contributed by atoms with Crippen LogP contribution in [0.1, 0.15) is 12.8 Å². The molecule has 0 amide bonds. The number of anilines is 1. The summed E-state index contributed by atoms with van der Waals surface area (Å²) in [6.07, 6.45) is 3.20. The molecule has 3 rings (SSSR count). The normalized spacial score (nSPS) is 17.3. The monoisotopic (exact) mass is 340 g/mol. The molecule has 2 aromatic rings. The average molecular weight is 340 g/mol. The first-order valence-corrected chi connectivity index (χ1v) is 10.2. The van der Waals surface area contributed by atoms with Gasteiger partial charge in [0.1, 0.15) is 0 Å². The Bertz CT molecular complexity index is 850. The second-order valence-electron chi connectivity index (χ2n) is 5.06. The quantitative estimate of drug-likeness (QED) is 0.926. The number of hydrogen-bond acceptors (Lipinski definition) is 5. The van der Waals surface area contributed by atoms with Gasteiger partial charge in [-0.05, 0) is 49.2 Å². The molecule has 8 heteroatoms. The summed E-state index contributed by atoms with van der Waals surface area (Å²) in [6.45, 7) is 0. The lowest BCUT2D eigenvalue weighted by molar-refractivity contribution is 0.452. The van der Waals surface area contributed by atoms with E-state index in [1.165, 1.54) is 18.4 Å². The predicted octanol–water partition coefficient (Wildman–Crippen LogP) is 2.97. The van der Waals surface area contributed by atoms with Crippen molar-refractivity contribution < 1.29 is 17.0 Å². The molecule has 1 fully saturated rings. The summed E-state index contributed by atoms with van der Waals surface area (Å²) in [7, 11) is -5.84. The molecule has 118 valence electrons. The molecule has 1 saturated heterocycles. The average Bonchev–Trinajstić information content (AvgIpc) is 3.13. The summed E-state index contributed by atoms with van der Waals surface area (Å²) in [5.41, 5.74) is 1.00. The molecule has 1 N–H and O–H groups in total. The molecule has 6 nitrogen and oxygen atoms in total. The van der Waals surface area contributed by atoms with E-state index in [-0.39, 0.29) is 5.09 Å². The van der Waals surface area contributed by atoms with Crippen LogP contribution in [0.4, 0.5) is 11.4 Å². The number of benzene rings is 1. The van der Waals surface area contributed by atoms with E-state index in [4.69, 9.17) is 4.42 Å². The van der Waals surface area contributed by atoms with Crippen LogP contribution in [0.25, 0.3) is 0 Å². The molecule has 1 aliphatic heterocycles. The third kappa shape index (κ3) is 3.33. The maximum absolute atomic E-state index is 12.3. The van der Waals surface area contributed by atoms with Gasteiger partial charge < -0.3 is 4.42 Å². The summed E-state index contributed by atoms with van der Waals surface area (Å²) < 4.78 is 48.0. The third-order valence-corrected chi connectivity index (χ3v) is 6.99. The van der Waals surface area contributed by atoms with Crippen LogP contribution in [0.3, 0.4) is 0 Å². The fourth-order valence-electron chi connectivity index (χ4n) is 2.25. The van der Waals surface area contributed by atoms with E-state index in [0.717, 1.165) is 12.8 Å². The van der Waals surface area contributed by atoms with E-state index in [0.29, 0.717) is 22.9 Å². The lowest BCUT2D eigenvalue weighted by atomic mass is 10.3. The van der Waals surface area contributed by atoms with Crippen LogP contribution in [0, 0.1) is 0 Å². The van der Waals surface area contributed by atoms with Gasteiger partial charge >= 0.3 is 0 Å². The summed E-state index contributed by atoms with van der Waals surface area (Å²) in [4.78, 5) is 0. The second kappa shape index (κ2) is 5.77. The highest BCUT2D eigenvalue weighted by Gasteiger charge is 2.18. The van der Waals surface area contributed by atoms with E-state index in [2.05, 4.69) is 9.08 Å². The van der Waals surface area contributed by atoms with E-state index in [9.17, 15) is 12.6 Å². The van der Waals surface area contributed by atoms with Gasteiger partial charge in [0.05, 0.1) is 21.7 Å². The number of rotatable bonds is 4. The number of nitrogens with zero attached hydrogens (tertiary/aromatic N) is 1. The maximum Gasteiger partial charge on any atom is 0.295 e. The van der Waals surface area contributed by atoms with Crippen molar-refractivity contribution in [1.82, 2.24) is 0 Å². The summed E-state index contributed by atoms with van der Waals surface area (Å²) in [5.74, 6) is 1.28. The lowest BCUT2D eigenvalue weighted by Gasteiger charge is -2.06. The zero-order valence-corrected chi connectivity index (χ0v) is 13.4. The molecule has 0 bridgehead atoms. The van der Waals surface area contributed by atoms with Gasteiger partial charge in [0.25, 0.3) is 10.0 Å². The van der Waals surface area contributed by atoms with Gasteiger partial charge in [0.15, 0.2) is 0 Å². The van der Waals surface area contributed by atoms with Crippen LogP contribution in [0.5, 0.6) is 0 Å². The highest BCUT2D eigenvalue weighted by Crippen LogP contribution is 2.23. The minimum atomic E-state index is -3.72. The molecule has 0 aliphatic carbocycles. The Labute approximate surface area is 129 Å². The van der Waals surface area contributed by atoms with Gasteiger partial charge in [-0.2, -0.15) is 12.8 Å².